The first-order valence-electron chi connectivity index (χ1n) is 10.3. The molecule has 3 aromatic rings. The molecule has 3 heterocycles. The Bertz CT molecular complexity index is 1070. The molecule has 1 aliphatic carbocycles. The van der Waals surface area contributed by atoms with Crippen LogP contribution in [-0.4, -0.2) is 45.4 Å². The van der Waals surface area contributed by atoms with Crippen molar-refractivity contribution >= 4 is 23.3 Å². The van der Waals surface area contributed by atoms with Crippen LogP contribution in [0.25, 0.3) is 11.5 Å². The molecule has 0 radical (unpaired) electrons. The van der Waals surface area contributed by atoms with Crippen LogP contribution in [0.15, 0.2) is 48.7 Å². The summed E-state index contributed by atoms with van der Waals surface area (Å²) in [6.07, 6.45) is 4.75. The fourth-order valence-corrected chi connectivity index (χ4v) is 4.28. The van der Waals surface area contributed by atoms with Gasteiger partial charge in [0.2, 0.25) is 5.91 Å². The lowest BCUT2D eigenvalue weighted by atomic mass is 10.1. The zero-order valence-corrected chi connectivity index (χ0v) is 17.3. The smallest absolute Gasteiger partial charge is 0.242 e. The normalized spacial score (nSPS) is 16.1. The van der Waals surface area contributed by atoms with E-state index in [2.05, 4.69) is 9.88 Å². The molecule has 7 heteroatoms. The molecule has 152 valence electrons. The van der Waals surface area contributed by atoms with Gasteiger partial charge in [0, 0.05) is 42.1 Å². The number of anilines is 1. The predicted octanol–water partition coefficient (Wildman–Crippen LogP) is 3.53. The van der Waals surface area contributed by atoms with Crippen LogP contribution in [0.5, 0.6) is 0 Å². The van der Waals surface area contributed by atoms with Gasteiger partial charge in [-0.2, -0.15) is 0 Å². The van der Waals surface area contributed by atoms with Crippen molar-refractivity contribution in [3.8, 4) is 11.5 Å². The molecule has 2 aromatic heterocycles. The summed E-state index contributed by atoms with van der Waals surface area (Å²) < 4.78 is 0. The van der Waals surface area contributed by atoms with Crippen LogP contribution >= 0.6 is 11.6 Å². The minimum Gasteiger partial charge on any atom is -0.345 e. The van der Waals surface area contributed by atoms with Crippen LogP contribution in [0.4, 0.5) is 5.82 Å². The molecule has 2 aliphatic rings. The average Bonchev–Trinajstić information content (AvgIpc) is 3.25. The first-order valence-corrected chi connectivity index (χ1v) is 10.6. The minimum atomic E-state index is 0.112. The summed E-state index contributed by atoms with van der Waals surface area (Å²) >= 11 is 5.97. The maximum atomic E-state index is 12.9. The van der Waals surface area contributed by atoms with Crippen molar-refractivity contribution in [1.29, 1.82) is 0 Å². The first kappa shape index (κ1) is 19.0. The molecule has 1 amide bonds. The number of hydrogen-bond donors (Lipinski definition) is 0. The number of amides is 1. The number of aryl methyl sites for hydroxylation is 1. The second-order valence-corrected chi connectivity index (χ2v) is 8.16. The zero-order chi connectivity index (χ0) is 20.5. The molecular weight excluding hydrogens is 398 g/mol. The third-order valence-corrected chi connectivity index (χ3v) is 5.96. The van der Waals surface area contributed by atoms with Gasteiger partial charge in [0.05, 0.1) is 6.54 Å². The summed E-state index contributed by atoms with van der Waals surface area (Å²) in [4.78, 5) is 31.0. The lowest BCUT2D eigenvalue weighted by molar-refractivity contribution is -0.131. The van der Waals surface area contributed by atoms with Crippen LogP contribution in [0.3, 0.4) is 0 Å². The van der Waals surface area contributed by atoms with Gasteiger partial charge in [-0.05, 0) is 49.1 Å². The van der Waals surface area contributed by atoms with Gasteiger partial charge < -0.3 is 9.80 Å². The van der Waals surface area contributed by atoms with Crippen LogP contribution in [0.2, 0.25) is 5.02 Å². The fourth-order valence-electron chi connectivity index (χ4n) is 4.15. The van der Waals surface area contributed by atoms with Crippen LogP contribution in [0.1, 0.15) is 23.2 Å². The van der Waals surface area contributed by atoms with Gasteiger partial charge in [0.1, 0.15) is 11.5 Å². The maximum Gasteiger partial charge on any atom is 0.242 e. The summed E-state index contributed by atoms with van der Waals surface area (Å²) in [6.45, 7) is 2.35. The summed E-state index contributed by atoms with van der Waals surface area (Å²) in [5.41, 5.74) is 4.13. The van der Waals surface area contributed by atoms with Crippen molar-refractivity contribution in [2.75, 3.05) is 24.5 Å². The summed E-state index contributed by atoms with van der Waals surface area (Å²) in [5.74, 6) is 1.65. The van der Waals surface area contributed by atoms with Gasteiger partial charge in [-0.15, -0.1) is 0 Å². The van der Waals surface area contributed by atoms with Gasteiger partial charge in [-0.25, -0.2) is 9.97 Å². The largest absolute Gasteiger partial charge is 0.345 e. The maximum absolute atomic E-state index is 12.9. The van der Waals surface area contributed by atoms with Crippen LogP contribution in [-0.2, 0) is 24.2 Å². The molecule has 1 aliphatic heterocycles. The number of benzene rings is 1. The number of halogens is 1. The van der Waals surface area contributed by atoms with E-state index < -0.39 is 0 Å². The third-order valence-electron chi connectivity index (χ3n) is 5.71. The standard InChI is InChI=1S/C23H22ClN5O/c24-17-9-7-16(8-10-17)14-28-12-13-29(15-21(28)30)23-18-4-3-6-19(18)26-22(27-23)20-5-1-2-11-25-20/h1-2,5,7-11H,3-4,6,12-15H2. The van der Waals surface area contributed by atoms with E-state index in [1.54, 1.807) is 6.20 Å². The number of fused-ring (bicyclic) bond motifs is 1. The zero-order valence-electron chi connectivity index (χ0n) is 16.6. The van der Waals surface area contributed by atoms with Crippen LogP contribution < -0.4 is 4.90 Å². The van der Waals surface area contributed by atoms with Crippen molar-refractivity contribution in [3.63, 3.8) is 0 Å². The number of hydrogen-bond acceptors (Lipinski definition) is 5. The SMILES string of the molecule is O=C1CN(c2nc(-c3ccccn3)nc3c2CCC3)CCN1Cc1ccc(Cl)cc1. The van der Waals surface area contributed by atoms with E-state index in [4.69, 9.17) is 21.6 Å². The number of piperazine rings is 1. The Hall–Kier alpha value is -2.99. The highest BCUT2D eigenvalue weighted by Crippen LogP contribution is 2.31. The van der Waals surface area contributed by atoms with E-state index in [-0.39, 0.29) is 5.91 Å². The summed E-state index contributed by atoms with van der Waals surface area (Å²) in [5, 5.41) is 0.705. The second-order valence-electron chi connectivity index (χ2n) is 7.73. The molecule has 1 fully saturated rings. The summed E-state index contributed by atoms with van der Waals surface area (Å²) in [7, 11) is 0. The number of aromatic nitrogens is 3. The monoisotopic (exact) mass is 419 g/mol. The molecule has 0 atom stereocenters. The highest BCUT2D eigenvalue weighted by atomic mass is 35.5. The molecule has 0 N–H and O–H groups in total. The Labute approximate surface area is 180 Å². The fraction of sp³-hybridized carbons (Fsp3) is 0.304. The van der Waals surface area contributed by atoms with E-state index in [9.17, 15) is 4.79 Å². The second kappa shape index (κ2) is 8.03. The van der Waals surface area contributed by atoms with Gasteiger partial charge in [0.25, 0.3) is 0 Å². The number of rotatable bonds is 4. The number of carbonyl (C=O) groups is 1. The van der Waals surface area contributed by atoms with Gasteiger partial charge in [0.15, 0.2) is 5.82 Å². The lowest BCUT2D eigenvalue weighted by Crippen LogP contribution is -2.50. The quantitative estimate of drug-likeness (QED) is 0.647. The predicted molar refractivity (Wildman–Crippen MR) is 116 cm³/mol. The van der Waals surface area contributed by atoms with Gasteiger partial charge in [-0.3, -0.25) is 9.78 Å². The average molecular weight is 420 g/mol. The Balaban J connectivity index is 1.38. The number of pyridine rings is 1. The minimum absolute atomic E-state index is 0.112. The van der Waals surface area contributed by atoms with Crippen molar-refractivity contribution in [1.82, 2.24) is 19.9 Å². The van der Waals surface area contributed by atoms with Crippen molar-refractivity contribution in [2.45, 2.75) is 25.8 Å². The molecule has 5 rings (SSSR count). The van der Waals surface area contributed by atoms with E-state index in [1.807, 2.05) is 47.4 Å². The van der Waals surface area contributed by atoms with Crippen molar-refractivity contribution in [3.05, 3.63) is 70.5 Å². The number of carbonyl (C=O) groups excluding carboxylic acids is 1. The highest BCUT2D eigenvalue weighted by Gasteiger charge is 2.29. The molecule has 0 unspecified atom stereocenters. The summed E-state index contributed by atoms with van der Waals surface area (Å²) in [6, 6.07) is 13.4. The Morgan fingerprint density at radius 3 is 2.63 bits per heavy atom. The topological polar surface area (TPSA) is 62.2 Å². The van der Waals surface area contributed by atoms with Gasteiger partial charge in [-0.1, -0.05) is 29.8 Å². The lowest BCUT2D eigenvalue weighted by Gasteiger charge is -2.36. The Morgan fingerprint density at radius 1 is 1.00 bits per heavy atom. The molecule has 0 saturated carbocycles. The molecule has 0 spiro atoms. The molecule has 30 heavy (non-hydrogen) atoms. The van der Waals surface area contributed by atoms with Crippen molar-refractivity contribution < 1.29 is 4.79 Å². The highest BCUT2D eigenvalue weighted by molar-refractivity contribution is 6.30. The van der Waals surface area contributed by atoms with Crippen molar-refractivity contribution in [2.24, 2.45) is 0 Å². The molecule has 1 aromatic carbocycles. The van der Waals surface area contributed by atoms with E-state index in [0.717, 1.165) is 48.6 Å². The molecule has 1 saturated heterocycles. The third kappa shape index (κ3) is 3.75. The van der Waals surface area contributed by atoms with E-state index in [0.29, 0.717) is 30.5 Å². The number of nitrogens with zero attached hydrogens (tertiary/aromatic N) is 5. The molecule has 6 nitrogen and oxygen atoms in total. The van der Waals surface area contributed by atoms with E-state index >= 15 is 0 Å². The van der Waals surface area contributed by atoms with Crippen LogP contribution in [0, 0.1) is 0 Å². The molecular formula is C23H22ClN5O. The Kier molecular flexibility index (Phi) is 5.09. The first-order chi connectivity index (χ1) is 14.7. The van der Waals surface area contributed by atoms with E-state index in [1.165, 1.54) is 5.56 Å². The van der Waals surface area contributed by atoms with Gasteiger partial charge >= 0.3 is 0 Å². The Morgan fingerprint density at radius 2 is 1.87 bits per heavy atom. The molecule has 0 bridgehead atoms.